The molecule has 2 fully saturated rings. The van der Waals surface area contributed by atoms with Crippen molar-refractivity contribution in [3.8, 4) is 11.5 Å². The van der Waals surface area contributed by atoms with E-state index < -0.39 is 12.5 Å². The Hall–Kier alpha value is -3.76. The molecule has 1 aromatic carbocycles. The van der Waals surface area contributed by atoms with Crippen molar-refractivity contribution in [1.82, 2.24) is 20.1 Å². The van der Waals surface area contributed by atoms with E-state index in [9.17, 15) is 23.2 Å². The molecule has 1 saturated heterocycles. The quantitative estimate of drug-likeness (QED) is 0.289. The number of nitrogens with zero attached hydrogens (tertiary/aromatic N) is 3. The second-order valence-corrected chi connectivity index (χ2v) is 11.8. The van der Waals surface area contributed by atoms with Gasteiger partial charge in [-0.3, -0.25) is 14.4 Å². The summed E-state index contributed by atoms with van der Waals surface area (Å²) in [5, 5.41) is 2.93. The van der Waals surface area contributed by atoms with Crippen LogP contribution < -0.4 is 14.8 Å². The van der Waals surface area contributed by atoms with Crippen molar-refractivity contribution in [3.05, 3.63) is 53.3 Å². The van der Waals surface area contributed by atoms with Gasteiger partial charge in [0.05, 0.1) is 24.8 Å². The number of carbonyl (C=O) groups is 3. The Morgan fingerprint density at radius 1 is 1.09 bits per heavy atom. The summed E-state index contributed by atoms with van der Waals surface area (Å²) >= 11 is 0. The molecule has 0 bridgehead atoms. The fraction of sp³-hybridized carbons (Fsp3) is 0.576. The Labute approximate surface area is 258 Å². The van der Waals surface area contributed by atoms with Crippen LogP contribution in [-0.2, 0) is 16.1 Å². The van der Waals surface area contributed by atoms with Gasteiger partial charge in [-0.2, -0.15) is 8.78 Å². The second kappa shape index (κ2) is 15.3. The van der Waals surface area contributed by atoms with E-state index in [2.05, 4.69) is 15.0 Å². The predicted molar refractivity (Wildman–Crippen MR) is 162 cm³/mol. The van der Waals surface area contributed by atoms with Gasteiger partial charge in [0.15, 0.2) is 11.5 Å². The molecule has 240 valence electrons. The first-order valence-corrected chi connectivity index (χ1v) is 15.6. The van der Waals surface area contributed by atoms with E-state index in [1.807, 2.05) is 13.8 Å². The van der Waals surface area contributed by atoms with E-state index in [0.29, 0.717) is 50.0 Å². The average Bonchev–Trinajstić information content (AvgIpc) is 3.73. The van der Waals surface area contributed by atoms with E-state index in [0.717, 1.165) is 31.2 Å². The number of halogens is 2. The molecular weight excluding hydrogens is 570 g/mol. The zero-order valence-electron chi connectivity index (χ0n) is 26.1. The molecule has 11 heteroatoms. The lowest BCUT2D eigenvalue weighted by Crippen LogP contribution is -2.44. The number of amides is 3. The largest absolute Gasteiger partial charge is 0.489 e. The number of ether oxygens (including phenoxy) is 2. The van der Waals surface area contributed by atoms with Crippen LogP contribution in [0.2, 0.25) is 0 Å². The molecule has 4 rings (SSSR count). The molecule has 1 unspecified atom stereocenters. The molecule has 0 spiro atoms. The minimum absolute atomic E-state index is 0.0158. The third kappa shape index (κ3) is 8.66. The Bertz CT molecular complexity index is 1300. The van der Waals surface area contributed by atoms with E-state index in [1.165, 1.54) is 13.0 Å². The zero-order chi connectivity index (χ0) is 31.8. The number of nitrogens with one attached hydrogen (secondary N) is 1. The van der Waals surface area contributed by atoms with Gasteiger partial charge in [-0.25, -0.2) is 4.98 Å². The highest BCUT2D eigenvalue weighted by atomic mass is 19.3. The molecule has 1 saturated carbocycles. The summed E-state index contributed by atoms with van der Waals surface area (Å²) in [6, 6.07) is 9.79. The first kappa shape index (κ1) is 33.1. The van der Waals surface area contributed by atoms with Crippen molar-refractivity contribution in [2.24, 2.45) is 11.8 Å². The van der Waals surface area contributed by atoms with Gasteiger partial charge < -0.3 is 24.6 Å². The summed E-state index contributed by atoms with van der Waals surface area (Å²) in [5.74, 6) is -0.454. The van der Waals surface area contributed by atoms with Crippen molar-refractivity contribution >= 4 is 17.7 Å². The number of benzene rings is 1. The second-order valence-electron chi connectivity index (χ2n) is 11.8. The molecule has 0 radical (unpaired) electrons. The maximum absolute atomic E-state index is 13.3. The smallest absolute Gasteiger partial charge is 0.387 e. The summed E-state index contributed by atoms with van der Waals surface area (Å²) in [7, 11) is 0. The molecule has 3 atom stereocenters. The minimum Gasteiger partial charge on any atom is -0.489 e. The third-order valence-corrected chi connectivity index (χ3v) is 8.31. The fourth-order valence-electron chi connectivity index (χ4n) is 5.75. The summed E-state index contributed by atoms with van der Waals surface area (Å²) in [5.41, 5.74) is 1.75. The molecule has 1 aliphatic heterocycles. The number of alkyl halides is 2. The molecule has 2 aliphatic rings. The van der Waals surface area contributed by atoms with Crippen LogP contribution in [0.1, 0.15) is 87.5 Å². The SMILES string of the molecule is CCCN(CCC)C(=O)c1cccc(CNC(=O)[C@H](C)[C@H]2CC(c3ccc(OC(F)F)c(OCC4CC4)c3)CN2C(C)=O)n1. The van der Waals surface area contributed by atoms with E-state index in [4.69, 9.17) is 4.74 Å². The Morgan fingerprint density at radius 2 is 1.82 bits per heavy atom. The number of rotatable bonds is 15. The molecule has 2 heterocycles. The van der Waals surface area contributed by atoms with Crippen LogP contribution in [0.4, 0.5) is 8.78 Å². The van der Waals surface area contributed by atoms with Gasteiger partial charge in [-0.1, -0.05) is 32.9 Å². The van der Waals surface area contributed by atoms with Gasteiger partial charge in [0, 0.05) is 38.5 Å². The van der Waals surface area contributed by atoms with E-state index in [-0.39, 0.29) is 47.7 Å². The van der Waals surface area contributed by atoms with Crippen LogP contribution in [0, 0.1) is 11.8 Å². The highest BCUT2D eigenvalue weighted by Gasteiger charge is 2.40. The van der Waals surface area contributed by atoms with E-state index in [1.54, 1.807) is 47.1 Å². The maximum atomic E-state index is 13.3. The highest BCUT2D eigenvalue weighted by Crippen LogP contribution is 2.40. The molecule has 3 amide bonds. The molecule has 2 aromatic rings. The molecule has 1 aliphatic carbocycles. The number of hydrogen-bond acceptors (Lipinski definition) is 6. The summed E-state index contributed by atoms with van der Waals surface area (Å²) in [6.07, 6.45) is 4.34. The van der Waals surface area contributed by atoms with Gasteiger partial charge in [0.1, 0.15) is 5.69 Å². The minimum atomic E-state index is -2.97. The van der Waals surface area contributed by atoms with Crippen LogP contribution in [-0.4, -0.2) is 71.4 Å². The van der Waals surface area contributed by atoms with Gasteiger partial charge in [-0.15, -0.1) is 0 Å². The van der Waals surface area contributed by atoms with Crippen molar-refractivity contribution in [2.75, 3.05) is 26.2 Å². The fourth-order valence-corrected chi connectivity index (χ4v) is 5.75. The molecule has 9 nitrogen and oxygen atoms in total. The van der Waals surface area contributed by atoms with Crippen LogP contribution in [0.25, 0.3) is 0 Å². The summed E-state index contributed by atoms with van der Waals surface area (Å²) < 4.78 is 36.5. The Balaban J connectivity index is 1.42. The highest BCUT2D eigenvalue weighted by molar-refractivity contribution is 5.92. The van der Waals surface area contributed by atoms with E-state index >= 15 is 0 Å². The van der Waals surface area contributed by atoms with Crippen molar-refractivity contribution in [1.29, 1.82) is 0 Å². The van der Waals surface area contributed by atoms with Crippen LogP contribution in [0.15, 0.2) is 36.4 Å². The topological polar surface area (TPSA) is 101 Å². The normalized spacial score (nSPS) is 18.7. The predicted octanol–water partition coefficient (Wildman–Crippen LogP) is 5.39. The first-order chi connectivity index (χ1) is 21.1. The van der Waals surface area contributed by atoms with Crippen molar-refractivity contribution in [3.63, 3.8) is 0 Å². The van der Waals surface area contributed by atoms with Gasteiger partial charge in [0.2, 0.25) is 11.8 Å². The number of likely N-dealkylation sites (tertiary alicyclic amines) is 1. The van der Waals surface area contributed by atoms with Crippen LogP contribution >= 0.6 is 0 Å². The summed E-state index contributed by atoms with van der Waals surface area (Å²) in [6.45, 7) is 6.66. The van der Waals surface area contributed by atoms with Crippen LogP contribution in [0.5, 0.6) is 11.5 Å². The summed E-state index contributed by atoms with van der Waals surface area (Å²) in [4.78, 5) is 46.9. The van der Waals surface area contributed by atoms with Crippen molar-refractivity contribution in [2.45, 2.75) is 84.9 Å². The monoisotopic (exact) mass is 614 g/mol. The number of carbonyl (C=O) groups excluding carboxylic acids is 3. The molecule has 1 aromatic heterocycles. The lowest BCUT2D eigenvalue weighted by molar-refractivity contribution is -0.133. The maximum Gasteiger partial charge on any atom is 0.387 e. The third-order valence-electron chi connectivity index (χ3n) is 8.31. The number of hydrogen-bond donors (Lipinski definition) is 1. The van der Waals surface area contributed by atoms with Gasteiger partial charge >= 0.3 is 6.61 Å². The number of pyridine rings is 1. The molecular formula is C33H44F2N4O5. The Kier molecular flexibility index (Phi) is 11.5. The Morgan fingerprint density at radius 3 is 2.45 bits per heavy atom. The molecule has 1 N–H and O–H groups in total. The average molecular weight is 615 g/mol. The van der Waals surface area contributed by atoms with Gasteiger partial charge in [0.25, 0.3) is 5.91 Å². The van der Waals surface area contributed by atoms with Gasteiger partial charge in [-0.05, 0) is 67.9 Å². The molecule has 44 heavy (non-hydrogen) atoms. The van der Waals surface area contributed by atoms with Crippen LogP contribution in [0.3, 0.4) is 0 Å². The lowest BCUT2D eigenvalue weighted by Gasteiger charge is -2.28. The lowest BCUT2D eigenvalue weighted by atomic mass is 9.91. The first-order valence-electron chi connectivity index (χ1n) is 15.6. The number of aromatic nitrogens is 1. The standard InChI is InChI=1S/C33H44F2N4O5/c1-5-14-38(15-6-2)32(42)27-9-7-8-26(37-27)18-36-31(41)21(3)28-16-25(19-39(28)22(4)40)24-12-13-29(44-33(34)35)30(17-24)43-20-23-10-11-23/h7-9,12-13,17,21,23,25,28,33H,5-6,10-11,14-16,18-20H2,1-4H3,(H,36,41)/t21-,25?,28-/m1/s1. The van der Waals surface area contributed by atoms with Crippen molar-refractivity contribution < 1.29 is 32.6 Å². The zero-order valence-corrected chi connectivity index (χ0v) is 26.1.